The van der Waals surface area contributed by atoms with Crippen molar-refractivity contribution in [3.8, 4) is 0 Å². The summed E-state index contributed by atoms with van der Waals surface area (Å²) < 4.78 is 6.51. The number of nitrogens with zero attached hydrogens (tertiary/aromatic N) is 3. The summed E-state index contributed by atoms with van der Waals surface area (Å²) in [5, 5.41) is 14.1. The number of ether oxygens (including phenoxy) is 1. The van der Waals surface area contributed by atoms with Gasteiger partial charge in [0.05, 0.1) is 18.5 Å². The molecule has 0 spiro atoms. The van der Waals surface area contributed by atoms with Crippen LogP contribution in [-0.2, 0) is 22.6 Å². The lowest BCUT2D eigenvalue weighted by Gasteiger charge is -2.12. The first-order valence-electron chi connectivity index (χ1n) is 6.89. The van der Waals surface area contributed by atoms with E-state index in [0.717, 1.165) is 12.2 Å². The minimum Gasteiger partial charge on any atom is -0.383 e. The molecule has 114 valence electrons. The highest BCUT2D eigenvalue weighted by atomic mass is 16.5. The van der Waals surface area contributed by atoms with Crippen molar-refractivity contribution in [1.29, 1.82) is 0 Å². The molecular weight excluding hydrogens is 258 g/mol. The van der Waals surface area contributed by atoms with Crippen LogP contribution < -0.4 is 10.6 Å². The molecule has 0 aliphatic carbocycles. The van der Waals surface area contributed by atoms with Crippen LogP contribution in [0.1, 0.15) is 26.5 Å². The first kappa shape index (κ1) is 16.6. The smallest absolute Gasteiger partial charge is 0.242 e. The van der Waals surface area contributed by atoms with Gasteiger partial charge >= 0.3 is 0 Å². The zero-order valence-electron chi connectivity index (χ0n) is 12.7. The van der Waals surface area contributed by atoms with E-state index < -0.39 is 0 Å². The number of rotatable bonds is 9. The molecule has 1 atom stereocenters. The fourth-order valence-corrected chi connectivity index (χ4v) is 1.74. The first-order chi connectivity index (χ1) is 9.51. The number of methoxy groups -OCH3 is 1. The van der Waals surface area contributed by atoms with E-state index in [1.54, 1.807) is 18.0 Å². The molecule has 0 saturated carbocycles. The standard InChI is InChI=1S/C13H25N5O2/c1-10(2)5-14-6-12-7-18(17-16-12)8-13(19)15-11(3)9-20-4/h7,10-11,14H,5-6,8-9H2,1-4H3,(H,15,19). The Kier molecular flexibility index (Phi) is 7.17. The molecule has 1 unspecified atom stereocenters. The molecule has 1 aromatic heterocycles. The predicted molar refractivity (Wildman–Crippen MR) is 76.0 cm³/mol. The van der Waals surface area contributed by atoms with Gasteiger partial charge in [0.15, 0.2) is 0 Å². The zero-order valence-corrected chi connectivity index (χ0v) is 12.7. The van der Waals surface area contributed by atoms with Crippen molar-refractivity contribution in [2.45, 2.75) is 39.9 Å². The molecule has 20 heavy (non-hydrogen) atoms. The van der Waals surface area contributed by atoms with Gasteiger partial charge in [-0.2, -0.15) is 0 Å². The molecule has 7 heteroatoms. The van der Waals surface area contributed by atoms with Crippen molar-refractivity contribution < 1.29 is 9.53 Å². The van der Waals surface area contributed by atoms with E-state index in [1.807, 2.05) is 6.92 Å². The average Bonchev–Trinajstić information content (AvgIpc) is 2.76. The minimum atomic E-state index is -0.0962. The van der Waals surface area contributed by atoms with Gasteiger partial charge in [0, 0.05) is 19.7 Å². The highest BCUT2D eigenvalue weighted by Gasteiger charge is 2.09. The Labute approximate surface area is 120 Å². The highest BCUT2D eigenvalue weighted by Crippen LogP contribution is 1.95. The fraction of sp³-hybridized carbons (Fsp3) is 0.769. The molecule has 0 aliphatic rings. The van der Waals surface area contributed by atoms with E-state index in [2.05, 4.69) is 34.8 Å². The maximum Gasteiger partial charge on any atom is 0.242 e. The Hall–Kier alpha value is -1.47. The third kappa shape index (κ3) is 6.63. The molecule has 2 N–H and O–H groups in total. The van der Waals surface area contributed by atoms with Crippen LogP contribution >= 0.6 is 0 Å². The Morgan fingerprint density at radius 1 is 1.45 bits per heavy atom. The number of carbonyl (C=O) groups is 1. The van der Waals surface area contributed by atoms with Gasteiger partial charge in [-0.25, -0.2) is 4.68 Å². The van der Waals surface area contributed by atoms with Gasteiger partial charge in [-0.15, -0.1) is 5.10 Å². The summed E-state index contributed by atoms with van der Waals surface area (Å²) in [4.78, 5) is 11.7. The van der Waals surface area contributed by atoms with Gasteiger partial charge < -0.3 is 15.4 Å². The average molecular weight is 283 g/mol. The molecule has 0 radical (unpaired) electrons. The van der Waals surface area contributed by atoms with Crippen molar-refractivity contribution in [2.24, 2.45) is 5.92 Å². The van der Waals surface area contributed by atoms with E-state index in [0.29, 0.717) is 19.1 Å². The Balaban J connectivity index is 2.34. The van der Waals surface area contributed by atoms with Crippen molar-refractivity contribution in [2.75, 3.05) is 20.3 Å². The van der Waals surface area contributed by atoms with Crippen LogP contribution in [-0.4, -0.2) is 47.2 Å². The van der Waals surface area contributed by atoms with Gasteiger partial charge in [0.1, 0.15) is 6.54 Å². The Morgan fingerprint density at radius 2 is 2.20 bits per heavy atom. The van der Waals surface area contributed by atoms with Crippen molar-refractivity contribution in [1.82, 2.24) is 25.6 Å². The number of amides is 1. The van der Waals surface area contributed by atoms with E-state index >= 15 is 0 Å². The quantitative estimate of drug-likeness (QED) is 0.675. The number of carbonyl (C=O) groups excluding carboxylic acids is 1. The summed E-state index contributed by atoms with van der Waals surface area (Å²) in [6.07, 6.45) is 1.79. The Morgan fingerprint density at radius 3 is 2.85 bits per heavy atom. The highest BCUT2D eigenvalue weighted by molar-refractivity contribution is 5.75. The van der Waals surface area contributed by atoms with Crippen LogP contribution in [0.3, 0.4) is 0 Å². The van der Waals surface area contributed by atoms with E-state index in [4.69, 9.17) is 4.74 Å². The topological polar surface area (TPSA) is 81.1 Å². The predicted octanol–water partition coefficient (Wildman–Crippen LogP) is 0.175. The maximum absolute atomic E-state index is 11.7. The van der Waals surface area contributed by atoms with Crippen LogP contribution in [0, 0.1) is 5.92 Å². The van der Waals surface area contributed by atoms with Crippen LogP contribution in [0.15, 0.2) is 6.20 Å². The monoisotopic (exact) mass is 283 g/mol. The summed E-state index contributed by atoms with van der Waals surface area (Å²) in [7, 11) is 1.61. The largest absolute Gasteiger partial charge is 0.383 e. The van der Waals surface area contributed by atoms with E-state index in [9.17, 15) is 4.79 Å². The summed E-state index contributed by atoms with van der Waals surface area (Å²) in [5.41, 5.74) is 0.836. The number of hydrogen-bond acceptors (Lipinski definition) is 5. The van der Waals surface area contributed by atoms with Gasteiger partial charge in [-0.1, -0.05) is 19.1 Å². The van der Waals surface area contributed by atoms with Gasteiger partial charge in [0.2, 0.25) is 5.91 Å². The molecule has 1 heterocycles. The van der Waals surface area contributed by atoms with Crippen LogP contribution in [0.4, 0.5) is 0 Å². The lowest BCUT2D eigenvalue weighted by Crippen LogP contribution is -2.37. The van der Waals surface area contributed by atoms with E-state index in [1.165, 1.54) is 0 Å². The molecule has 7 nitrogen and oxygen atoms in total. The van der Waals surface area contributed by atoms with Crippen LogP contribution in [0.2, 0.25) is 0 Å². The van der Waals surface area contributed by atoms with Gasteiger partial charge in [0.25, 0.3) is 0 Å². The molecule has 0 bridgehead atoms. The Bertz CT molecular complexity index is 405. The van der Waals surface area contributed by atoms with E-state index in [-0.39, 0.29) is 18.5 Å². The van der Waals surface area contributed by atoms with Crippen molar-refractivity contribution in [3.63, 3.8) is 0 Å². The number of hydrogen-bond donors (Lipinski definition) is 2. The molecule has 1 amide bonds. The van der Waals surface area contributed by atoms with Crippen molar-refractivity contribution in [3.05, 3.63) is 11.9 Å². The first-order valence-corrected chi connectivity index (χ1v) is 6.89. The second-order valence-electron chi connectivity index (χ2n) is 5.36. The lowest BCUT2D eigenvalue weighted by molar-refractivity contribution is -0.122. The third-order valence-corrected chi connectivity index (χ3v) is 2.57. The number of nitrogens with one attached hydrogen (secondary N) is 2. The van der Waals surface area contributed by atoms with Crippen LogP contribution in [0.25, 0.3) is 0 Å². The summed E-state index contributed by atoms with van der Waals surface area (Å²) in [5.74, 6) is 0.499. The van der Waals surface area contributed by atoms with Crippen LogP contribution in [0.5, 0.6) is 0 Å². The zero-order chi connectivity index (χ0) is 15.0. The molecular formula is C13H25N5O2. The molecule has 0 saturated heterocycles. The van der Waals surface area contributed by atoms with Gasteiger partial charge in [-0.05, 0) is 19.4 Å². The molecule has 0 aromatic carbocycles. The summed E-state index contributed by atoms with van der Waals surface area (Å²) >= 11 is 0. The maximum atomic E-state index is 11.7. The normalized spacial score (nSPS) is 12.7. The lowest BCUT2D eigenvalue weighted by atomic mass is 10.2. The van der Waals surface area contributed by atoms with Gasteiger partial charge in [-0.3, -0.25) is 4.79 Å². The molecule has 0 aliphatic heterocycles. The molecule has 1 aromatic rings. The molecule has 1 rings (SSSR count). The third-order valence-electron chi connectivity index (χ3n) is 2.57. The SMILES string of the molecule is COCC(C)NC(=O)Cn1cc(CNCC(C)C)nn1. The summed E-state index contributed by atoms with van der Waals surface area (Å²) in [6, 6.07) is -0.0109. The number of aromatic nitrogens is 3. The minimum absolute atomic E-state index is 0.0109. The second kappa shape index (κ2) is 8.65. The van der Waals surface area contributed by atoms with Crippen molar-refractivity contribution >= 4 is 5.91 Å². The second-order valence-corrected chi connectivity index (χ2v) is 5.36. The summed E-state index contributed by atoms with van der Waals surface area (Å²) in [6.45, 7) is 8.45. The molecule has 0 fully saturated rings. The fourth-order valence-electron chi connectivity index (χ4n) is 1.74.